The molecule has 0 aliphatic carbocycles. The predicted molar refractivity (Wildman–Crippen MR) is 141 cm³/mol. The van der Waals surface area contributed by atoms with E-state index in [4.69, 9.17) is 25.2 Å². The summed E-state index contributed by atoms with van der Waals surface area (Å²) >= 11 is 6.05. The van der Waals surface area contributed by atoms with Crippen LogP contribution in [0.2, 0.25) is 5.02 Å². The van der Waals surface area contributed by atoms with Crippen molar-refractivity contribution in [2.75, 3.05) is 13.7 Å². The molecule has 1 rings (SSSR count). The molecule has 1 atom stereocenters. The Morgan fingerprint density at radius 3 is 1.55 bits per heavy atom. The van der Waals surface area contributed by atoms with Gasteiger partial charge < -0.3 is 4.52 Å². The van der Waals surface area contributed by atoms with Crippen molar-refractivity contribution < 1.29 is 18.1 Å². The molecule has 1 aromatic rings. The maximum Gasteiger partial charge on any atom is 0.529 e. The predicted octanol–water partition coefficient (Wildman–Crippen LogP) is 10.5. The molecule has 0 fully saturated rings. The number of rotatable bonds is 23. The zero-order valence-electron chi connectivity index (χ0n) is 21.2. The van der Waals surface area contributed by atoms with Crippen LogP contribution >= 0.6 is 19.4 Å². The monoisotopic (exact) mass is 502 g/mol. The summed E-state index contributed by atoms with van der Waals surface area (Å²) in [6.07, 6.45) is 23.9. The molecule has 0 saturated heterocycles. The molecule has 4 nitrogen and oxygen atoms in total. The third-order valence-electron chi connectivity index (χ3n) is 6.02. The number of phosphoric acid groups is 1. The Balaban J connectivity index is 1.88. The summed E-state index contributed by atoms with van der Waals surface area (Å²) in [5, 5.41) is 0.381. The van der Waals surface area contributed by atoms with E-state index >= 15 is 0 Å². The van der Waals surface area contributed by atoms with Crippen molar-refractivity contribution in [1.29, 1.82) is 0 Å². The number of phosphoric ester groups is 1. The lowest BCUT2D eigenvalue weighted by Crippen LogP contribution is -2.02. The standard InChI is InChI=1S/C27H48ClO4P/c1-3-4-5-6-7-8-9-10-11-12-13-14-15-16-17-18-19-22-25-31-33(29,30-2)32-27-24-21-20-23-26(27)28/h20-21,23-24H,3-19,22,25H2,1-2H3. The first-order valence-corrected chi connectivity index (χ1v) is 15.2. The number of para-hydroxylation sites is 1. The second kappa shape index (κ2) is 20.8. The molecule has 192 valence electrons. The van der Waals surface area contributed by atoms with Crippen molar-refractivity contribution >= 4 is 19.4 Å². The van der Waals surface area contributed by atoms with E-state index in [0.29, 0.717) is 17.4 Å². The lowest BCUT2D eigenvalue weighted by atomic mass is 10.0. The van der Waals surface area contributed by atoms with Gasteiger partial charge in [0.15, 0.2) is 0 Å². The van der Waals surface area contributed by atoms with Gasteiger partial charge in [0.2, 0.25) is 0 Å². The molecule has 0 heterocycles. The van der Waals surface area contributed by atoms with Crippen molar-refractivity contribution in [2.45, 2.75) is 122 Å². The lowest BCUT2D eigenvalue weighted by Gasteiger charge is -2.17. The summed E-state index contributed by atoms with van der Waals surface area (Å²) in [6.45, 7) is 2.64. The van der Waals surface area contributed by atoms with Crippen LogP contribution in [0.3, 0.4) is 0 Å². The van der Waals surface area contributed by atoms with Gasteiger partial charge >= 0.3 is 7.82 Å². The van der Waals surface area contributed by atoms with Crippen molar-refractivity contribution in [2.24, 2.45) is 0 Å². The molecule has 0 spiro atoms. The normalized spacial score (nSPS) is 13.2. The Bertz CT molecular complexity index is 626. The molecule has 0 radical (unpaired) electrons. The number of halogens is 1. The quantitative estimate of drug-likeness (QED) is 0.110. The first-order valence-electron chi connectivity index (χ1n) is 13.4. The molecule has 0 aliphatic rings. The van der Waals surface area contributed by atoms with Gasteiger partial charge in [-0.15, -0.1) is 0 Å². The van der Waals surface area contributed by atoms with Gasteiger partial charge in [0.1, 0.15) is 5.75 Å². The van der Waals surface area contributed by atoms with Crippen LogP contribution in [0.1, 0.15) is 122 Å². The fourth-order valence-corrected chi connectivity index (χ4v) is 5.15. The number of hydrogen-bond acceptors (Lipinski definition) is 4. The van der Waals surface area contributed by atoms with Crippen LogP contribution in [-0.2, 0) is 13.6 Å². The minimum atomic E-state index is -3.63. The Labute approximate surface area is 208 Å². The van der Waals surface area contributed by atoms with Crippen molar-refractivity contribution in [3.8, 4) is 5.75 Å². The van der Waals surface area contributed by atoms with Crippen molar-refractivity contribution in [3.63, 3.8) is 0 Å². The molecule has 0 aliphatic heterocycles. The number of hydrogen-bond donors (Lipinski definition) is 0. The molecule has 33 heavy (non-hydrogen) atoms. The molecule has 0 N–H and O–H groups in total. The largest absolute Gasteiger partial charge is 0.529 e. The second-order valence-electron chi connectivity index (χ2n) is 9.00. The third kappa shape index (κ3) is 16.7. The van der Waals surface area contributed by atoms with E-state index in [1.54, 1.807) is 24.3 Å². The highest BCUT2D eigenvalue weighted by Gasteiger charge is 2.27. The highest BCUT2D eigenvalue weighted by atomic mass is 35.5. The Morgan fingerprint density at radius 1 is 0.697 bits per heavy atom. The fraction of sp³-hybridized carbons (Fsp3) is 0.778. The zero-order chi connectivity index (χ0) is 24.0. The smallest absolute Gasteiger partial charge is 0.402 e. The van der Waals surface area contributed by atoms with Crippen LogP contribution in [0.5, 0.6) is 5.75 Å². The summed E-state index contributed by atoms with van der Waals surface area (Å²) in [5.41, 5.74) is 0. The highest BCUT2D eigenvalue weighted by Crippen LogP contribution is 2.50. The Morgan fingerprint density at radius 2 is 1.12 bits per heavy atom. The van der Waals surface area contributed by atoms with Crippen LogP contribution < -0.4 is 4.52 Å². The third-order valence-corrected chi connectivity index (χ3v) is 7.70. The Hall–Kier alpha value is -0.540. The average molecular weight is 503 g/mol. The molecule has 0 amide bonds. The van der Waals surface area contributed by atoms with Crippen LogP contribution in [0.4, 0.5) is 0 Å². The maximum atomic E-state index is 12.6. The van der Waals surface area contributed by atoms with E-state index < -0.39 is 7.82 Å². The van der Waals surface area contributed by atoms with Gasteiger partial charge in [0.05, 0.1) is 11.6 Å². The topological polar surface area (TPSA) is 44.8 Å². The van der Waals surface area contributed by atoms with Gasteiger partial charge in [-0.25, -0.2) is 4.57 Å². The molecule has 0 saturated carbocycles. The maximum absolute atomic E-state index is 12.6. The molecule has 6 heteroatoms. The molecule has 1 aromatic carbocycles. The van der Waals surface area contributed by atoms with Crippen LogP contribution in [0.25, 0.3) is 0 Å². The van der Waals surface area contributed by atoms with Gasteiger partial charge in [-0.2, -0.15) is 0 Å². The van der Waals surface area contributed by atoms with Gasteiger partial charge in [-0.05, 0) is 18.6 Å². The van der Waals surface area contributed by atoms with Crippen LogP contribution in [-0.4, -0.2) is 13.7 Å². The van der Waals surface area contributed by atoms with Gasteiger partial charge in [-0.1, -0.05) is 140 Å². The first kappa shape index (κ1) is 30.5. The van der Waals surface area contributed by atoms with Crippen LogP contribution in [0, 0.1) is 0 Å². The summed E-state index contributed by atoms with van der Waals surface area (Å²) in [6, 6.07) is 6.87. The van der Waals surface area contributed by atoms with E-state index in [2.05, 4.69) is 6.92 Å². The van der Waals surface area contributed by atoms with Gasteiger partial charge in [0, 0.05) is 7.11 Å². The van der Waals surface area contributed by atoms with E-state index in [9.17, 15) is 4.57 Å². The first-order chi connectivity index (χ1) is 16.1. The van der Waals surface area contributed by atoms with Gasteiger partial charge in [-0.3, -0.25) is 9.05 Å². The second-order valence-corrected chi connectivity index (χ2v) is 11.1. The number of benzene rings is 1. The van der Waals surface area contributed by atoms with Crippen LogP contribution in [0.15, 0.2) is 24.3 Å². The molecule has 1 unspecified atom stereocenters. The summed E-state index contributed by atoms with van der Waals surface area (Å²) in [4.78, 5) is 0. The average Bonchev–Trinajstić information content (AvgIpc) is 2.82. The van der Waals surface area contributed by atoms with Crippen molar-refractivity contribution in [1.82, 2.24) is 0 Å². The summed E-state index contributed by atoms with van der Waals surface area (Å²) in [7, 11) is -2.30. The Kier molecular flexibility index (Phi) is 19.2. The highest BCUT2D eigenvalue weighted by molar-refractivity contribution is 7.48. The summed E-state index contributed by atoms with van der Waals surface area (Å²) < 4.78 is 28.4. The van der Waals surface area contributed by atoms with E-state index in [1.807, 2.05) is 0 Å². The van der Waals surface area contributed by atoms with E-state index in [0.717, 1.165) is 12.8 Å². The zero-order valence-corrected chi connectivity index (χ0v) is 22.9. The number of unbranched alkanes of at least 4 members (excludes halogenated alkanes) is 17. The summed E-state index contributed by atoms with van der Waals surface area (Å²) in [5.74, 6) is 0.308. The minimum Gasteiger partial charge on any atom is -0.402 e. The van der Waals surface area contributed by atoms with Crippen molar-refractivity contribution in [3.05, 3.63) is 29.3 Å². The van der Waals surface area contributed by atoms with E-state index in [-0.39, 0.29) is 0 Å². The lowest BCUT2D eigenvalue weighted by molar-refractivity contribution is 0.176. The fourth-order valence-electron chi connectivity index (χ4n) is 3.94. The molecular formula is C27H48ClO4P. The SMILES string of the molecule is CCCCCCCCCCCCCCCCCCCCOP(=O)(OC)Oc1ccccc1Cl. The molecule has 0 bridgehead atoms. The molecular weight excluding hydrogens is 455 g/mol. The van der Waals surface area contributed by atoms with E-state index in [1.165, 1.54) is 110 Å². The molecule has 0 aromatic heterocycles. The van der Waals surface area contributed by atoms with Gasteiger partial charge in [0.25, 0.3) is 0 Å². The minimum absolute atomic E-state index is 0.308.